The Bertz CT molecular complexity index is 775. The van der Waals surface area contributed by atoms with Crippen LogP contribution in [0.15, 0.2) is 63.8 Å². The second-order valence-corrected chi connectivity index (χ2v) is 4.11. The minimum Gasteiger partial charge on any atom is -0.450 e. The number of anilines is 1. The Morgan fingerprint density at radius 2 is 1.74 bits per heavy atom. The van der Waals surface area contributed by atoms with Crippen LogP contribution in [0.2, 0.25) is 0 Å². The maximum absolute atomic E-state index is 11.8. The number of hydrogen-bond acceptors (Lipinski definition) is 4. The van der Waals surface area contributed by atoms with Crippen molar-refractivity contribution >= 4 is 16.7 Å². The van der Waals surface area contributed by atoms with Crippen molar-refractivity contribution in [2.24, 2.45) is 0 Å². The lowest BCUT2D eigenvalue weighted by atomic mass is 10.2. The van der Waals surface area contributed by atoms with Crippen LogP contribution < -0.4 is 16.1 Å². The molecule has 2 N–H and O–H groups in total. The van der Waals surface area contributed by atoms with Crippen molar-refractivity contribution in [3.63, 3.8) is 0 Å². The number of para-hydroxylation sites is 1. The third-order valence-corrected chi connectivity index (χ3v) is 2.72. The average Bonchev–Trinajstić information content (AvgIpc) is 2.42. The summed E-state index contributed by atoms with van der Waals surface area (Å²) >= 11 is 0. The number of rotatable bonds is 2. The summed E-state index contributed by atoms with van der Waals surface area (Å²) in [5, 5.41) is 0.813. The van der Waals surface area contributed by atoms with Gasteiger partial charge >= 0.3 is 5.63 Å². The van der Waals surface area contributed by atoms with E-state index in [0.717, 1.165) is 5.39 Å². The molecular weight excluding hydrogens is 242 g/mol. The monoisotopic (exact) mass is 253 g/mol. The van der Waals surface area contributed by atoms with Crippen LogP contribution in [0, 0.1) is 0 Å². The molecule has 1 aromatic heterocycles. The van der Waals surface area contributed by atoms with E-state index in [1.54, 1.807) is 36.4 Å². The lowest BCUT2D eigenvalue weighted by Gasteiger charge is -2.05. The van der Waals surface area contributed by atoms with Gasteiger partial charge in [0.15, 0.2) is 0 Å². The van der Waals surface area contributed by atoms with Gasteiger partial charge in [0.25, 0.3) is 0 Å². The summed E-state index contributed by atoms with van der Waals surface area (Å²) in [6.07, 6.45) is 0. The Labute approximate surface area is 109 Å². The molecule has 0 aliphatic rings. The van der Waals surface area contributed by atoms with E-state index in [1.165, 1.54) is 0 Å². The Balaban J connectivity index is 2.03. The first-order valence-corrected chi connectivity index (χ1v) is 5.79. The van der Waals surface area contributed by atoms with Gasteiger partial charge < -0.3 is 14.9 Å². The van der Waals surface area contributed by atoms with Crippen molar-refractivity contribution in [1.82, 2.24) is 0 Å². The van der Waals surface area contributed by atoms with E-state index in [0.29, 0.717) is 17.0 Å². The molecule has 0 bridgehead atoms. The van der Waals surface area contributed by atoms with Crippen molar-refractivity contribution in [3.8, 4) is 11.5 Å². The standard InChI is InChI=1S/C15H11NO3/c16-11-5-7-12(8-6-11)18-14-9-10-3-1-2-4-13(10)19-15(14)17/h1-9H,16H2. The van der Waals surface area contributed by atoms with E-state index >= 15 is 0 Å². The van der Waals surface area contributed by atoms with Crippen molar-refractivity contribution in [1.29, 1.82) is 0 Å². The molecule has 0 spiro atoms. The fourth-order valence-electron chi connectivity index (χ4n) is 1.78. The highest BCUT2D eigenvalue weighted by atomic mass is 16.5. The lowest BCUT2D eigenvalue weighted by Crippen LogP contribution is -2.02. The molecule has 3 aromatic rings. The molecule has 0 saturated heterocycles. The first kappa shape index (κ1) is 11.3. The molecule has 2 aromatic carbocycles. The number of hydrogen-bond donors (Lipinski definition) is 1. The molecule has 0 saturated carbocycles. The van der Waals surface area contributed by atoms with Crippen LogP contribution in [0.4, 0.5) is 5.69 Å². The number of ether oxygens (including phenoxy) is 1. The molecular formula is C15H11NO3. The van der Waals surface area contributed by atoms with Crippen LogP contribution in [-0.2, 0) is 0 Å². The first-order chi connectivity index (χ1) is 9.22. The summed E-state index contributed by atoms with van der Waals surface area (Å²) in [6, 6.07) is 15.8. The van der Waals surface area contributed by atoms with E-state index in [2.05, 4.69) is 0 Å². The van der Waals surface area contributed by atoms with Crippen LogP contribution in [0.3, 0.4) is 0 Å². The Hall–Kier alpha value is -2.75. The fraction of sp³-hybridized carbons (Fsp3) is 0. The van der Waals surface area contributed by atoms with E-state index in [1.807, 2.05) is 18.2 Å². The largest absolute Gasteiger partial charge is 0.450 e. The SMILES string of the molecule is Nc1ccc(Oc2cc3ccccc3oc2=O)cc1. The van der Waals surface area contributed by atoms with Gasteiger partial charge in [-0.2, -0.15) is 0 Å². The maximum Gasteiger partial charge on any atom is 0.379 e. The topological polar surface area (TPSA) is 65.5 Å². The minimum atomic E-state index is -0.504. The van der Waals surface area contributed by atoms with Crippen LogP contribution in [0.1, 0.15) is 0 Å². The summed E-state index contributed by atoms with van der Waals surface area (Å²) < 4.78 is 10.7. The van der Waals surface area contributed by atoms with Crippen molar-refractivity contribution in [2.45, 2.75) is 0 Å². The molecule has 19 heavy (non-hydrogen) atoms. The van der Waals surface area contributed by atoms with Gasteiger partial charge in [0.1, 0.15) is 11.3 Å². The highest BCUT2D eigenvalue weighted by molar-refractivity contribution is 5.77. The van der Waals surface area contributed by atoms with Gasteiger partial charge in [-0.25, -0.2) is 4.79 Å². The molecule has 0 atom stereocenters. The molecule has 4 heteroatoms. The Morgan fingerprint density at radius 3 is 2.53 bits per heavy atom. The second-order valence-electron chi connectivity index (χ2n) is 4.11. The predicted octanol–water partition coefficient (Wildman–Crippen LogP) is 3.17. The molecule has 0 aliphatic heterocycles. The van der Waals surface area contributed by atoms with Crippen molar-refractivity contribution in [2.75, 3.05) is 5.73 Å². The Morgan fingerprint density at radius 1 is 1.00 bits per heavy atom. The molecule has 0 fully saturated rings. The third-order valence-electron chi connectivity index (χ3n) is 2.72. The molecule has 0 unspecified atom stereocenters. The van der Waals surface area contributed by atoms with Gasteiger partial charge in [-0.15, -0.1) is 0 Å². The number of benzene rings is 2. The van der Waals surface area contributed by atoms with E-state index in [-0.39, 0.29) is 5.75 Å². The van der Waals surface area contributed by atoms with Crippen LogP contribution in [-0.4, -0.2) is 0 Å². The van der Waals surface area contributed by atoms with Crippen LogP contribution >= 0.6 is 0 Å². The van der Waals surface area contributed by atoms with Crippen LogP contribution in [0.25, 0.3) is 11.0 Å². The van der Waals surface area contributed by atoms with Gasteiger partial charge in [0.2, 0.25) is 5.75 Å². The minimum absolute atomic E-state index is 0.156. The summed E-state index contributed by atoms with van der Waals surface area (Å²) in [4.78, 5) is 11.8. The highest BCUT2D eigenvalue weighted by Gasteiger charge is 2.07. The summed E-state index contributed by atoms with van der Waals surface area (Å²) in [6.45, 7) is 0. The smallest absolute Gasteiger partial charge is 0.379 e. The maximum atomic E-state index is 11.8. The van der Waals surface area contributed by atoms with Crippen molar-refractivity contribution in [3.05, 3.63) is 65.0 Å². The number of fused-ring (bicyclic) bond motifs is 1. The molecule has 3 rings (SSSR count). The third kappa shape index (κ3) is 2.28. The van der Waals surface area contributed by atoms with E-state index in [9.17, 15) is 4.79 Å². The van der Waals surface area contributed by atoms with Crippen molar-refractivity contribution < 1.29 is 9.15 Å². The van der Waals surface area contributed by atoms with Gasteiger partial charge in [0.05, 0.1) is 0 Å². The van der Waals surface area contributed by atoms with Gasteiger partial charge in [0, 0.05) is 11.1 Å². The zero-order valence-electron chi connectivity index (χ0n) is 10.00. The quantitative estimate of drug-likeness (QED) is 0.562. The normalized spacial score (nSPS) is 10.5. The van der Waals surface area contributed by atoms with E-state index in [4.69, 9.17) is 14.9 Å². The number of nitrogens with two attached hydrogens (primary N) is 1. The van der Waals surface area contributed by atoms with Gasteiger partial charge in [-0.3, -0.25) is 0 Å². The highest BCUT2D eigenvalue weighted by Crippen LogP contribution is 2.22. The summed E-state index contributed by atoms with van der Waals surface area (Å²) in [7, 11) is 0. The number of nitrogen functional groups attached to an aromatic ring is 1. The molecule has 4 nitrogen and oxygen atoms in total. The summed E-state index contributed by atoms with van der Waals surface area (Å²) in [5.41, 5.74) is 6.26. The molecule has 0 amide bonds. The van der Waals surface area contributed by atoms with Gasteiger partial charge in [-0.05, 0) is 36.4 Å². The van der Waals surface area contributed by atoms with E-state index < -0.39 is 5.63 Å². The molecule has 94 valence electrons. The first-order valence-electron chi connectivity index (χ1n) is 5.79. The zero-order chi connectivity index (χ0) is 13.2. The average molecular weight is 253 g/mol. The lowest BCUT2D eigenvalue weighted by molar-refractivity contribution is 0.437. The Kier molecular flexibility index (Phi) is 2.68. The second kappa shape index (κ2) is 4.49. The molecule has 0 aliphatic carbocycles. The molecule has 1 heterocycles. The fourth-order valence-corrected chi connectivity index (χ4v) is 1.78. The molecule has 0 radical (unpaired) electrons. The zero-order valence-corrected chi connectivity index (χ0v) is 10.00. The summed E-state index contributed by atoms with van der Waals surface area (Å²) in [5.74, 6) is 0.695. The predicted molar refractivity (Wildman–Crippen MR) is 73.4 cm³/mol. The van der Waals surface area contributed by atoms with Crippen LogP contribution in [0.5, 0.6) is 11.5 Å². The van der Waals surface area contributed by atoms with Gasteiger partial charge in [-0.1, -0.05) is 18.2 Å².